The highest BCUT2D eigenvalue weighted by atomic mass is 35.5. The number of carbonyl (C=O) groups excluding carboxylic acids is 1. The maximum absolute atomic E-state index is 15.3. The highest BCUT2D eigenvalue weighted by molar-refractivity contribution is 7.90. The molecule has 7 aliphatic heterocycles. The van der Waals surface area contributed by atoms with E-state index in [1.807, 2.05) is 50.2 Å². The Morgan fingerprint density at radius 3 is 2.52 bits per heavy atom. The number of amides is 1. The standard InChI is InChI=1S/C62H69ClFN9O11S/c1-36(2)83-54-6-4-3-5-43(54)53-33-70(48-13-24-81-58-45(48)26-39(63)27-46(58)64)19-20-71(53)41-31-62(32-41)14-17-69(18-15-62)40-7-8-44(50(28-40)72-49-12-23-80-35-56(49)84-61-52(72)25-38-9-16-65-59(38)67-61)60(74)68-85(77,78)42-29-51(73(75)76)57-55(30-42)82-34-47(66-57)37-10-21-79-22-11-37/h3-9,16,25-30,36-37,41,47-49,53,56,66H,10-15,17-24,31-35H2,1-2H3,(H,65,67)(H,68,74)/t47-,48+,49-,53-,56-/m0/s1. The lowest BCUT2D eigenvalue weighted by Gasteiger charge is -2.59. The van der Waals surface area contributed by atoms with Crippen molar-refractivity contribution in [3.63, 3.8) is 0 Å². The Kier molecular flexibility index (Phi) is 14.7. The number of carbonyl (C=O) groups is 1. The van der Waals surface area contributed by atoms with Gasteiger partial charge in [0.25, 0.3) is 21.6 Å². The summed E-state index contributed by atoms with van der Waals surface area (Å²) < 4.78 is 83.0. The van der Waals surface area contributed by atoms with Gasteiger partial charge in [-0.2, -0.15) is 4.98 Å². The van der Waals surface area contributed by atoms with Gasteiger partial charge < -0.3 is 48.5 Å². The number of rotatable bonds is 12. The zero-order chi connectivity index (χ0) is 58.3. The Balaban J connectivity index is 0.740. The molecule has 5 atom stereocenters. The number of para-hydroxylation sites is 1. The number of sulfonamides is 1. The number of nitro benzene ring substituents is 1. The van der Waals surface area contributed by atoms with E-state index in [0.29, 0.717) is 72.6 Å². The summed E-state index contributed by atoms with van der Waals surface area (Å²) >= 11 is 6.47. The monoisotopic (exact) mass is 1200 g/mol. The van der Waals surface area contributed by atoms with E-state index in [1.165, 1.54) is 12.1 Å². The normalized spacial score (nSPS) is 24.4. The van der Waals surface area contributed by atoms with E-state index in [1.54, 1.807) is 12.3 Å². The summed E-state index contributed by atoms with van der Waals surface area (Å²) in [5.74, 6) is 0.321. The van der Waals surface area contributed by atoms with Crippen molar-refractivity contribution < 1.29 is 50.9 Å². The minimum atomic E-state index is -4.74. The smallest absolute Gasteiger partial charge is 0.297 e. The van der Waals surface area contributed by atoms with Crippen molar-refractivity contribution in [2.75, 3.05) is 87.5 Å². The fourth-order valence-corrected chi connectivity index (χ4v) is 16.0. The second kappa shape index (κ2) is 22.4. The molecular formula is C62H69ClFN9O11S. The molecule has 0 bridgehead atoms. The van der Waals surface area contributed by atoms with Crippen LogP contribution in [0.15, 0.2) is 90.0 Å². The van der Waals surface area contributed by atoms with Crippen LogP contribution in [0.4, 0.5) is 32.8 Å². The Hall–Kier alpha value is -6.95. The van der Waals surface area contributed by atoms with Crippen molar-refractivity contribution >= 4 is 67.0 Å². The second-order valence-electron chi connectivity index (χ2n) is 24.4. The van der Waals surface area contributed by atoms with E-state index in [4.69, 9.17) is 45.0 Å². The number of benzene rings is 4. The number of anilines is 4. The molecule has 0 unspecified atom stereocenters. The van der Waals surface area contributed by atoms with Crippen LogP contribution >= 0.6 is 11.6 Å². The number of nitrogens with zero attached hydrogens (tertiary/aromatic N) is 6. The van der Waals surface area contributed by atoms with Crippen molar-refractivity contribution in [2.24, 2.45) is 11.3 Å². The molecule has 4 aromatic carbocycles. The van der Waals surface area contributed by atoms with Gasteiger partial charge >= 0.3 is 0 Å². The van der Waals surface area contributed by atoms with E-state index in [2.05, 4.69) is 52.8 Å². The average Bonchev–Trinajstić information content (AvgIpc) is 2.87. The average molecular weight is 1200 g/mol. The van der Waals surface area contributed by atoms with Crippen molar-refractivity contribution in [2.45, 2.75) is 113 Å². The molecule has 3 N–H and O–H groups in total. The van der Waals surface area contributed by atoms with Crippen LogP contribution in [0, 0.1) is 27.3 Å². The Bertz CT molecular complexity index is 3680. The minimum Gasteiger partial charge on any atom is -0.491 e. The van der Waals surface area contributed by atoms with E-state index in [9.17, 15) is 23.3 Å². The van der Waals surface area contributed by atoms with E-state index in [-0.39, 0.29) is 71.8 Å². The van der Waals surface area contributed by atoms with Crippen LogP contribution in [-0.4, -0.2) is 142 Å². The number of hydrogen-bond donors (Lipinski definition) is 3. The first-order chi connectivity index (χ1) is 41.2. The molecule has 23 heteroatoms. The van der Waals surface area contributed by atoms with E-state index in [0.717, 1.165) is 112 Å². The third-order valence-electron chi connectivity index (χ3n) is 19.0. The summed E-state index contributed by atoms with van der Waals surface area (Å²) in [6, 6.07) is 22.9. The molecule has 1 amide bonds. The number of H-pyrrole nitrogens is 1. The number of halogens is 2. The molecule has 1 aliphatic carbocycles. The zero-order valence-corrected chi connectivity index (χ0v) is 49.0. The first kappa shape index (κ1) is 55.9. The molecule has 6 aromatic rings. The summed E-state index contributed by atoms with van der Waals surface area (Å²) in [4.78, 5) is 44.1. The number of nitro groups is 1. The number of hydrogen-bond acceptors (Lipinski definition) is 17. The largest absolute Gasteiger partial charge is 0.491 e. The van der Waals surface area contributed by atoms with Gasteiger partial charge in [0, 0.05) is 117 Å². The number of ether oxygens (including phenoxy) is 6. The molecule has 14 rings (SSSR count). The van der Waals surface area contributed by atoms with E-state index >= 15 is 4.39 Å². The van der Waals surface area contributed by atoms with Gasteiger partial charge in [-0.05, 0) is 119 Å². The predicted octanol–water partition coefficient (Wildman–Crippen LogP) is 10.1. The molecule has 1 spiro atoms. The van der Waals surface area contributed by atoms with Gasteiger partial charge in [-0.25, -0.2) is 17.5 Å². The van der Waals surface area contributed by atoms with Crippen molar-refractivity contribution in [1.29, 1.82) is 0 Å². The fraction of sp³-hybridized carbons (Fsp3) is 0.484. The summed E-state index contributed by atoms with van der Waals surface area (Å²) in [6.45, 7) is 10.4. The summed E-state index contributed by atoms with van der Waals surface area (Å²) in [5, 5.41) is 17.1. The number of piperidine rings is 1. The highest BCUT2D eigenvalue weighted by Crippen LogP contribution is 2.55. The number of pyridine rings is 1. The van der Waals surface area contributed by atoms with Crippen LogP contribution in [-0.2, 0) is 19.5 Å². The summed E-state index contributed by atoms with van der Waals surface area (Å²) in [6.07, 6.45) is 8.06. The fourth-order valence-electron chi connectivity index (χ4n) is 14.8. The van der Waals surface area contributed by atoms with Crippen molar-refractivity contribution in [1.82, 2.24) is 24.5 Å². The van der Waals surface area contributed by atoms with Gasteiger partial charge in [-0.15, -0.1) is 0 Å². The Morgan fingerprint density at radius 1 is 0.894 bits per heavy atom. The lowest BCUT2D eigenvalue weighted by molar-refractivity contribution is -0.384. The Morgan fingerprint density at radius 2 is 1.71 bits per heavy atom. The number of piperazine rings is 1. The number of aromatic amines is 1. The summed E-state index contributed by atoms with van der Waals surface area (Å²) in [7, 11) is -4.74. The van der Waals surface area contributed by atoms with Gasteiger partial charge in [-0.3, -0.25) is 24.7 Å². The molecular weight excluding hydrogens is 1130 g/mol. The Labute approximate surface area is 497 Å². The first-order valence-corrected chi connectivity index (χ1v) is 31.7. The first-order valence-electron chi connectivity index (χ1n) is 29.8. The predicted molar refractivity (Wildman–Crippen MR) is 317 cm³/mol. The van der Waals surface area contributed by atoms with Crippen molar-refractivity contribution in [3.8, 4) is 23.1 Å². The molecule has 5 fully saturated rings. The lowest BCUT2D eigenvalue weighted by atomic mass is 9.59. The van der Waals surface area contributed by atoms with Crippen LogP contribution < -0.4 is 38.8 Å². The number of nitrogens with one attached hydrogen (secondary N) is 3. The van der Waals surface area contributed by atoms with Crippen LogP contribution in [0.3, 0.4) is 0 Å². The molecule has 448 valence electrons. The maximum atomic E-state index is 15.3. The quantitative estimate of drug-likeness (QED) is 0.0767. The third kappa shape index (κ3) is 10.5. The van der Waals surface area contributed by atoms with Gasteiger partial charge in [0.2, 0.25) is 5.88 Å². The minimum absolute atomic E-state index is 0.0131. The number of aromatic nitrogens is 2. The molecule has 8 aliphatic rings. The van der Waals surface area contributed by atoms with Gasteiger partial charge in [0.05, 0.1) is 58.5 Å². The van der Waals surface area contributed by atoms with Gasteiger partial charge in [-0.1, -0.05) is 29.8 Å². The number of fused-ring (bicyclic) bond motifs is 5. The highest BCUT2D eigenvalue weighted by Gasteiger charge is 2.51. The van der Waals surface area contributed by atoms with Crippen LogP contribution in [0.25, 0.3) is 11.0 Å². The van der Waals surface area contributed by atoms with Gasteiger partial charge in [0.1, 0.15) is 29.8 Å². The molecule has 85 heavy (non-hydrogen) atoms. The second-order valence-corrected chi connectivity index (χ2v) is 26.5. The maximum Gasteiger partial charge on any atom is 0.297 e. The third-order valence-corrected chi connectivity index (χ3v) is 20.6. The zero-order valence-electron chi connectivity index (χ0n) is 47.5. The van der Waals surface area contributed by atoms with Gasteiger partial charge in [0.15, 0.2) is 23.0 Å². The molecule has 1 saturated carbocycles. The van der Waals surface area contributed by atoms with E-state index < -0.39 is 43.4 Å². The van der Waals surface area contributed by atoms with Crippen LogP contribution in [0.2, 0.25) is 5.02 Å². The molecule has 9 heterocycles. The topological polar surface area (TPSA) is 215 Å². The molecule has 20 nitrogen and oxygen atoms in total. The lowest BCUT2D eigenvalue weighted by Crippen LogP contribution is -2.60. The van der Waals surface area contributed by atoms with Crippen LogP contribution in [0.5, 0.6) is 23.1 Å². The van der Waals surface area contributed by atoms with Crippen LogP contribution in [0.1, 0.15) is 98.8 Å². The molecule has 2 aromatic heterocycles. The van der Waals surface area contributed by atoms with Crippen molar-refractivity contribution in [3.05, 3.63) is 123 Å². The molecule has 0 radical (unpaired) electrons. The SMILES string of the molecule is CC(C)Oc1ccccc1[C@@H]1CN([C@@H]2CCOc3c(F)cc(Cl)cc32)CCN1C1CC2(CCN(c3ccc(C(=O)NS(=O)(=O)c4cc5c(c([N+](=O)[O-])c4)N[C@H](C4CCOCC4)CO5)c(N4c5cc6cc[nH]c6nc5O[C@H]5COCC[C@@H]54)c3)CC2)C1. The molecule has 4 saturated heterocycles. The summed E-state index contributed by atoms with van der Waals surface area (Å²) in [5.41, 5.74) is 4.32.